The summed E-state index contributed by atoms with van der Waals surface area (Å²) in [6, 6.07) is 11.0. The second-order valence-electron chi connectivity index (χ2n) is 4.56. The van der Waals surface area contributed by atoms with Crippen LogP contribution in [0.25, 0.3) is 5.69 Å². The quantitative estimate of drug-likeness (QED) is 0.842. The van der Waals surface area contributed by atoms with Gasteiger partial charge in [0, 0.05) is 30.7 Å². The van der Waals surface area contributed by atoms with Crippen LogP contribution in [-0.2, 0) is 6.54 Å². The van der Waals surface area contributed by atoms with Crippen LogP contribution < -0.4 is 5.32 Å². The minimum atomic E-state index is 0.540. The van der Waals surface area contributed by atoms with Gasteiger partial charge in [-0.25, -0.2) is 4.68 Å². The Morgan fingerprint density at radius 2 is 2.26 bits per heavy atom. The Labute approximate surface area is 119 Å². The van der Waals surface area contributed by atoms with Gasteiger partial charge < -0.3 is 5.32 Å². The number of hydrogen-bond acceptors (Lipinski definition) is 3. The van der Waals surface area contributed by atoms with Gasteiger partial charge in [-0.2, -0.15) is 16.9 Å². The Morgan fingerprint density at radius 1 is 1.37 bits per heavy atom. The zero-order valence-corrected chi connectivity index (χ0v) is 12.4. The molecular formula is C15H21N3S. The summed E-state index contributed by atoms with van der Waals surface area (Å²) in [6.45, 7) is 5.34. The molecule has 2 rings (SSSR count). The average Bonchev–Trinajstić information content (AvgIpc) is 2.97. The monoisotopic (exact) mass is 275 g/mol. The van der Waals surface area contributed by atoms with Crippen molar-refractivity contribution in [1.29, 1.82) is 0 Å². The molecule has 0 saturated heterocycles. The number of thioether (sulfide) groups is 1. The topological polar surface area (TPSA) is 29.9 Å². The molecule has 0 aliphatic carbocycles. The van der Waals surface area contributed by atoms with Crippen molar-refractivity contribution in [3.63, 3.8) is 0 Å². The largest absolute Gasteiger partial charge is 0.309 e. The summed E-state index contributed by atoms with van der Waals surface area (Å²) in [5, 5.41) is 7.81. The highest BCUT2D eigenvalue weighted by molar-refractivity contribution is 7.99. The van der Waals surface area contributed by atoms with E-state index in [4.69, 9.17) is 0 Å². The van der Waals surface area contributed by atoms with E-state index < -0.39 is 0 Å². The summed E-state index contributed by atoms with van der Waals surface area (Å²) in [5.74, 6) is 2.34. The Hall–Kier alpha value is -1.26. The van der Waals surface area contributed by atoms with Crippen molar-refractivity contribution in [2.75, 3.05) is 11.5 Å². The Morgan fingerprint density at radius 3 is 3.00 bits per heavy atom. The van der Waals surface area contributed by atoms with E-state index in [1.54, 1.807) is 6.20 Å². The third-order valence-corrected chi connectivity index (χ3v) is 4.05. The van der Waals surface area contributed by atoms with Gasteiger partial charge in [0.05, 0.1) is 5.69 Å². The molecule has 0 saturated carbocycles. The van der Waals surface area contributed by atoms with Gasteiger partial charge in [0.15, 0.2) is 0 Å². The fourth-order valence-electron chi connectivity index (χ4n) is 1.88. The highest BCUT2D eigenvalue weighted by Crippen LogP contribution is 2.10. The first kappa shape index (κ1) is 14.2. The number of hydrogen-bond donors (Lipinski definition) is 1. The van der Waals surface area contributed by atoms with Crippen molar-refractivity contribution in [1.82, 2.24) is 15.1 Å². The van der Waals surface area contributed by atoms with Gasteiger partial charge >= 0.3 is 0 Å². The number of rotatable bonds is 7. The predicted octanol–water partition coefficient (Wildman–Crippen LogP) is 3.10. The molecule has 0 unspecified atom stereocenters. The smallest absolute Gasteiger partial charge is 0.0648 e. The molecule has 0 radical (unpaired) electrons. The van der Waals surface area contributed by atoms with Crippen LogP contribution in [0.15, 0.2) is 42.7 Å². The van der Waals surface area contributed by atoms with Gasteiger partial charge in [0.1, 0.15) is 0 Å². The van der Waals surface area contributed by atoms with Gasteiger partial charge in [-0.3, -0.25) is 0 Å². The zero-order chi connectivity index (χ0) is 13.5. The molecule has 1 heterocycles. The molecule has 2 aromatic rings. The Kier molecular flexibility index (Phi) is 5.48. The van der Waals surface area contributed by atoms with Gasteiger partial charge in [-0.15, -0.1) is 0 Å². The highest BCUT2D eigenvalue weighted by Gasteiger charge is 2.02. The fraction of sp³-hybridized carbons (Fsp3) is 0.400. The molecule has 19 heavy (non-hydrogen) atoms. The number of aromatic nitrogens is 2. The van der Waals surface area contributed by atoms with E-state index in [1.807, 2.05) is 28.7 Å². The van der Waals surface area contributed by atoms with Crippen molar-refractivity contribution >= 4 is 11.8 Å². The number of nitrogens with zero attached hydrogens (tertiary/aromatic N) is 2. The molecule has 1 aromatic carbocycles. The van der Waals surface area contributed by atoms with Crippen LogP contribution in [0.4, 0.5) is 0 Å². The summed E-state index contributed by atoms with van der Waals surface area (Å²) >= 11 is 1.98. The van der Waals surface area contributed by atoms with Crippen molar-refractivity contribution in [2.45, 2.75) is 26.4 Å². The third kappa shape index (κ3) is 4.40. The first-order chi connectivity index (χ1) is 9.29. The molecular weight excluding hydrogens is 254 g/mol. The molecule has 0 bridgehead atoms. The molecule has 3 nitrogen and oxygen atoms in total. The van der Waals surface area contributed by atoms with E-state index >= 15 is 0 Å². The number of benzene rings is 1. The summed E-state index contributed by atoms with van der Waals surface area (Å²) in [6.07, 6.45) is 3.77. The normalized spacial score (nSPS) is 12.5. The predicted molar refractivity (Wildman–Crippen MR) is 82.9 cm³/mol. The molecule has 1 aromatic heterocycles. The number of nitrogens with one attached hydrogen (secondary N) is 1. The lowest BCUT2D eigenvalue weighted by Gasteiger charge is -2.13. The molecule has 0 amide bonds. The molecule has 0 fully saturated rings. The maximum absolute atomic E-state index is 4.26. The second-order valence-corrected chi connectivity index (χ2v) is 5.88. The molecule has 0 aliphatic rings. The van der Waals surface area contributed by atoms with Crippen molar-refractivity contribution in [3.8, 4) is 5.69 Å². The van der Waals surface area contributed by atoms with Crippen molar-refractivity contribution in [3.05, 3.63) is 48.3 Å². The lowest BCUT2D eigenvalue weighted by Crippen LogP contribution is -2.27. The summed E-state index contributed by atoms with van der Waals surface area (Å²) in [4.78, 5) is 0. The zero-order valence-electron chi connectivity index (χ0n) is 11.5. The fourth-order valence-corrected chi connectivity index (χ4v) is 2.58. The van der Waals surface area contributed by atoms with Crippen LogP contribution in [0.1, 0.15) is 19.4 Å². The van der Waals surface area contributed by atoms with Crippen LogP contribution >= 0.6 is 11.8 Å². The van der Waals surface area contributed by atoms with E-state index in [9.17, 15) is 0 Å². The van der Waals surface area contributed by atoms with Crippen LogP contribution in [0.3, 0.4) is 0 Å². The maximum atomic E-state index is 4.26. The molecule has 1 atom stereocenters. The van der Waals surface area contributed by atoms with Gasteiger partial charge in [-0.1, -0.05) is 19.1 Å². The molecule has 0 spiro atoms. The molecule has 4 heteroatoms. The van der Waals surface area contributed by atoms with E-state index in [-0.39, 0.29) is 0 Å². The van der Waals surface area contributed by atoms with Gasteiger partial charge in [0.25, 0.3) is 0 Å². The van der Waals surface area contributed by atoms with Crippen LogP contribution in [0, 0.1) is 0 Å². The van der Waals surface area contributed by atoms with E-state index in [0.29, 0.717) is 6.04 Å². The summed E-state index contributed by atoms with van der Waals surface area (Å²) in [7, 11) is 0. The lowest BCUT2D eigenvalue weighted by molar-refractivity contribution is 0.595. The minimum Gasteiger partial charge on any atom is -0.309 e. The lowest BCUT2D eigenvalue weighted by atomic mass is 10.2. The first-order valence-electron chi connectivity index (χ1n) is 6.69. The average molecular weight is 275 g/mol. The van der Waals surface area contributed by atoms with E-state index in [2.05, 4.69) is 48.5 Å². The summed E-state index contributed by atoms with van der Waals surface area (Å²) < 4.78 is 1.89. The van der Waals surface area contributed by atoms with Crippen LogP contribution in [-0.4, -0.2) is 27.3 Å². The van der Waals surface area contributed by atoms with Gasteiger partial charge in [0.2, 0.25) is 0 Å². The minimum absolute atomic E-state index is 0.540. The summed E-state index contributed by atoms with van der Waals surface area (Å²) in [5.41, 5.74) is 2.40. The molecule has 0 aliphatic heterocycles. The van der Waals surface area contributed by atoms with E-state index in [1.165, 1.54) is 11.3 Å². The van der Waals surface area contributed by atoms with Crippen molar-refractivity contribution in [2.24, 2.45) is 0 Å². The van der Waals surface area contributed by atoms with E-state index in [0.717, 1.165) is 18.0 Å². The van der Waals surface area contributed by atoms with Crippen LogP contribution in [0.2, 0.25) is 0 Å². The Balaban J connectivity index is 1.92. The van der Waals surface area contributed by atoms with Gasteiger partial charge in [-0.05, 0) is 36.4 Å². The standard InChI is InChI=1S/C15H21N3S/c1-3-19-12-13(2)16-11-14-6-4-7-15(10-14)18-9-5-8-17-18/h4-10,13,16H,3,11-12H2,1-2H3/t13-/m1/s1. The highest BCUT2D eigenvalue weighted by atomic mass is 32.2. The second kappa shape index (κ2) is 7.36. The molecule has 1 N–H and O–H groups in total. The molecule has 102 valence electrons. The van der Waals surface area contributed by atoms with Crippen molar-refractivity contribution < 1.29 is 0 Å². The third-order valence-electron chi connectivity index (χ3n) is 2.91. The SMILES string of the molecule is CCSC[C@@H](C)NCc1cccc(-n2cccn2)c1. The Bertz CT molecular complexity index is 482. The maximum Gasteiger partial charge on any atom is 0.0648 e. The first-order valence-corrected chi connectivity index (χ1v) is 7.85. The van der Waals surface area contributed by atoms with Crippen LogP contribution in [0.5, 0.6) is 0 Å².